The first-order valence-corrected chi connectivity index (χ1v) is 21.7. The largest absolute Gasteiger partial charge is 0.508 e. The van der Waals surface area contributed by atoms with Crippen LogP contribution in [0.15, 0.2) is 36.0 Å². The lowest BCUT2D eigenvalue weighted by atomic mass is 9.98. The molecule has 2 heterocycles. The minimum atomic E-state index is -2.38. The number of para-hydroxylation sites is 1. The maximum atomic E-state index is 14.4. The third-order valence-corrected chi connectivity index (χ3v) is 11.3. The normalized spacial score (nSPS) is 27.3. The summed E-state index contributed by atoms with van der Waals surface area (Å²) in [6, 6.07) is -4.03. The number of aromatic hydroxyl groups is 1. The van der Waals surface area contributed by atoms with E-state index in [1.54, 1.807) is 13.0 Å². The second kappa shape index (κ2) is 24.7. The van der Waals surface area contributed by atoms with Crippen LogP contribution >= 0.6 is 0 Å². The van der Waals surface area contributed by atoms with Gasteiger partial charge in [-0.1, -0.05) is 45.0 Å². The van der Waals surface area contributed by atoms with E-state index < -0.39 is 139 Å². The summed E-state index contributed by atoms with van der Waals surface area (Å²) in [4.78, 5) is 138. The number of aliphatic hydroxyl groups excluding tert-OH is 2. The first-order chi connectivity index (χ1) is 31.4. The van der Waals surface area contributed by atoms with Gasteiger partial charge >= 0.3 is 0 Å². The van der Waals surface area contributed by atoms with Crippen molar-refractivity contribution in [2.45, 2.75) is 121 Å². The maximum Gasteiger partial charge on any atom is 0.270 e. The maximum absolute atomic E-state index is 14.4. The number of allylic oxidation sites excluding steroid dienone is 1. The smallest absolute Gasteiger partial charge is 0.270 e. The van der Waals surface area contributed by atoms with E-state index in [1.165, 1.54) is 39.2 Å². The zero-order valence-electron chi connectivity index (χ0n) is 38.6. The molecule has 10 atom stereocenters. The summed E-state index contributed by atoms with van der Waals surface area (Å²) in [5.41, 5.74) is 10.5. The zero-order valence-corrected chi connectivity index (χ0v) is 38.6. The number of phenolic OH excluding ortho intramolecular Hbond substituents is 1. The molecule has 2 saturated heterocycles. The van der Waals surface area contributed by atoms with Crippen molar-refractivity contribution in [1.82, 2.24) is 41.7 Å². The molecule has 0 unspecified atom stereocenters. The van der Waals surface area contributed by atoms with Crippen molar-refractivity contribution >= 4 is 59.1 Å². The molecule has 2 aliphatic rings. The highest BCUT2D eigenvalue weighted by atomic mass is 16.5. The predicted molar refractivity (Wildman–Crippen MR) is 236 cm³/mol. The lowest BCUT2D eigenvalue weighted by Gasteiger charge is -2.33. The Balaban J connectivity index is 2.22. The Morgan fingerprint density at radius 1 is 0.881 bits per heavy atom. The molecule has 2 aliphatic heterocycles. The molecule has 13 N–H and O–H groups in total. The highest BCUT2D eigenvalue weighted by Crippen LogP contribution is 2.26. The van der Waals surface area contributed by atoms with Gasteiger partial charge in [0.2, 0.25) is 47.3 Å². The zero-order chi connectivity index (χ0) is 50.4. The van der Waals surface area contributed by atoms with Crippen LogP contribution in [0.2, 0.25) is 0 Å². The second-order valence-corrected chi connectivity index (χ2v) is 17.2. The van der Waals surface area contributed by atoms with Crippen molar-refractivity contribution < 1.29 is 68.0 Å². The van der Waals surface area contributed by atoms with Gasteiger partial charge in [-0.2, -0.15) is 0 Å². The Morgan fingerprint density at radius 2 is 1.51 bits per heavy atom. The Bertz CT molecular complexity index is 2070. The molecular formula is C43H64N10O14. The van der Waals surface area contributed by atoms with Crippen LogP contribution in [0.25, 0.3) is 0 Å². The Kier molecular flexibility index (Phi) is 20.2. The topological polar surface area (TPSA) is 371 Å². The average molecular weight is 945 g/mol. The average Bonchev–Trinajstić information content (AvgIpc) is 3.67. The van der Waals surface area contributed by atoms with Crippen LogP contribution in [-0.4, -0.2) is 166 Å². The fraction of sp³-hybridized carbons (Fsp3) is 0.581. The van der Waals surface area contributed by atoms with Crippen molar-refractivity contribution in [3.05, 3.63) is 41.6 Å². The molecule has 0 spiro atoms. The molecule has 10 amide bonds. The monoisotopic (exact) mass is 944 g/mol. The number of likely N-dealkylation sites (N-methyl/N-ethyl adjacent to an activating group) is 1. The fourth-order valence-electron chi connectivity index (χ4n) is 7.45. The van der Waals surface area contributed by atoms with Crippen LogP contribution in [0.5, 0.6) is 5.75 Å². The molecule has 1 aromatic carbocycles. The summed E-state index contributed by atoms with van der Waals surface area (Å²) in [6.07, 6.45) is -5.31. The Hall–Kier alpha value is -6.66. The number of rotatable bonds is 11. The first kappa shape index (κ1) is 54.7. The number of aliphatic hydroxyl groups is 2. The number of carbonyl (C=O) groups is 10. The summed E-state index contributed by atoms with van der Waals surface area (Å²) in [6.45, 7) is 7.21. The van der Waals surface area contributed by atoms with E-state index >= 15 is 0 Å². The minimum absolute atomic E-state index is 0.0234. The molecule has 1 aromatic rings. The summed E-state index contributed by atoms with van der Waals surface area (Å²) in [7, 11) is 2.34. The van der Waals surface area contributed by atoms with E-state index in [0.717, 1.165) is 22.9 Å². The number of benzene rings is 1. The lowest BCUT2D eigenvalue weighted by molar-refractivity contribution is -0.146. The van der Waals surface area contributed by atoms with Crippen LogP contribution < -0.4 is 43.4 Å². The number of ether oxygens (including phenoxy) is 1. The van der Waals surface area contributed by atoms with E-state index in [4.69, 9.17) is 16.2 Å². The van der Waals surface area contributed by atoms with E-state index in [1.807, 2.05) is 13.8 Å². The molecule has 67 heavy (non-hydrogen) atoms. The van der Waals surface area contributed by atoms with E-state index in [0.29, 0.717) is 6.42 Å². The quantitative estimate of drug-likeness (QED) is 0.0935. The van der Waals surface area contributed by atoms with Crippen molar-refractivity contribution in [2.75, 3.05) is 27.2 Å². The fourth-order valence-corrected chi connectivity index (χ4v) is 7.45. The summed E-state index contributed by atoms with van der Waals surface area (Å²) >= 11 is 0. The van der Waals surface area contributed by atoms with Gasteiger partial charge in [0.15, 0.2) is 12.2 Å². The number of hydrogen-bond acceptors (Lipinski definition) is 14. The van der Waals surface area contributed by atoms with Gasteiger partial charge in [0.05, 0.1) is 25.1 Å². The number of fused-ring (bicyclic) bond motifs is 1. The van der Waals surface area contributed by atoms with Gasteiger partial charge in [-0.15, -0.1) is 0 Å². The SMILES string of the molecule is C/C=C1/NC(=O)[C@H](O)[C@H](CCC(C)C)NC(=O)[C@H](CC(N)=O)NC(=O)[C@H](Cc2ccccc2O)NC(=O)[C@@H]2C[C@H](C)CN2C(=O)[C@H]([C@@H](C)OC)NC(=O)[C@@H]([C@H](O)C(N)=O)NC(=O)CN(C)C1=O. The molecule has 0 saturated carbocycles. The third-order valence-electron chi connectivity index (χ3n) is 11.3. The van der Waals surface area contributed by atoms with Crippen LogP contribution in [-0.2, 0) is 59.1 Å². The molecule has 0 aromatic heterocycles. The highest BCUT2D eigenvalue weighted by Gasteiger charge is 2.45. The van der Waals surface area contributed by atoms with Gasteiger partial charge < -0.3 is 73.2 Å². The van der Waals surface area contributed by atoms with Gasteiger partial charge in [-0.05, 0) is 56.6 Å². The van der Waals surface area contributed by atoms with Crippen LogP contribution in [0.1, 0.15) is 65.9 Å². The molecule has 3 rings (SSSR count). The van der Waals surface area contributed by atoms with Crippen molar-refractivity contribution in [3.63, 3.8) is 0 Å². The second-order valence-electron chi connectivity index (χ2n) is 17.2. The first-order valence-electron chi connectivity index (χ1n) is 21.7. The molecule has 0 bridgehead atoms. The van der Waals surface area contributed by atoms with Gasteiger partial charge in [0.25, 0.3) is 11.8 Å². The Labute approximate surface area is 387 Å². The number of nitrogens with two attached hydrogens (primary N) is 2. The number of phenols is 1. The van der Waals surface area contributed by atoms with E-state index in [2.05, 4.69) is 31.9 Å². The summed E-state index contributed by atoms with van der Waals surface area (Å²) < 4.78 is 5.39. The van der Waals surface area contributed by atoms with Gasteiger partial charge in [0, 0.05) is 27.1 Å². The Morgan fingerprint density at radius 3 is 2.09 bits per heavy atom. The molecule has 24 heteroatoms. The summed E-state index contributed by atoms with van der Waals surface area (Å²) in [5.74, 6) is -11.6. The number of nitrogens with zero attached hydrogens (tertiary/aromatic N) is 2. The van der Waals surface area contributed by atoms with Crippen molar-refractivity contribution in [2.24, 2.45) is 23.3 Å². The van der Waals surface area contributed by atoms with Crippen molar-refractivity contribution in [1.29, 1.82) is 0 Å². The number of primary amides is 2. The standard InChI is InChI=1S/C43H64N10O14/c1-8-24-42(65)52(6)19-31(56)50-33(35(58)36(45)59)40(63)51-32(22(5)67-7)43(66)53-18-21(4)15-28(53)39(62)49-26(16-23-11-9-10-12-29(23)54)37(60)48-27(17-30(44)55)38(61)47-25(14-13-20(2)3)34(57)41(64)46-24/h8-12,20-22,25-28,32-35,54,57-58H,13-19H2,1-7H3,(H2,44,55)(H2,45,59)(H,46,64)(H,47,61)(H,48,60)(H,49,62)(H,50,56)(H,51,63)/b24-8+/t21-,22+,25-,26-,27-,28-,32-,33+,34+,35-/m0/s1. The van der Waals surface area contributed by atoms with Gasteiger partial charge in [-0.3, -0.25) is 47.9 Å². The van der Waals surface area contributed by atoms with E-state index in [9.17, 15) is 63.3 Å². The molecule has 370 valence electrons. The number of carbonyl (C=O) groups excluding carboxylic acids is 10. The van der Waals surface area contributed by atoms with Crippen LogP contribution in [0, 0.1) is 11.8 Å². The minimum Gasteiger partial charge on any atom is -0.508 e. The van der Waals surface area contributed by atoms with Crippen molar-refractivity contribution in [3.8, 4) is 5.75 Å². The predicted octanol–water partition coefficient (Wildman–Crippen LogP) is -4.36. The van der Waals surface area contributed by atoms with Crippen LogP contribution in [0.4, 0.5) is 0 Å². The molecule has 24 nitrogen and oxygen atoms in total. The number of methoxy groups -OCH3 is 1. The third kappa shape index (κ3) is 15.2. The highest BCUT2D eigenvalue weighted by molar-refractivity contribution is 6.02. The number of nitrogens with one attached hydrogen (secondary N) is 6. The molecular weight excluding hydrogens is 881 g/mol. The summed E-state index contributed by atoms with van der Waals surface area (Å²) in [5, 5.41) is 47.0. The van der Waals surface area contributed by atoms with Crippen LogP contribution in [0.3, 0.4) is 0 Å². The lowest BCUT2D eigenvalue weighted by Crippen LogP contribution is -2.64. The van der Waals surface area contributed by atoms with E-state index in [-0.39, 0.29) is 42.5 Å². The number of amides is 10. The number of hydrogen-bond donors (Lipinski definition) is 11. The molecule has 0 radical (unpaired) electrons. The van der Waals surface area contributed by atoms with Gasteiger partial charge in [0.1, 0.15) is 41.7 Å². The molecule has 2 fully saturated rings. The molecule has 0 aliphatic carbocycles. The van der Waals surface area contributed by atoms with Gasteiger partial charge in [-0.25, -0.2) is 0 Å².